The third kappa shape index (κ3) is 2.54. The van der Waals surface area contributed by atoms with E-state index in [1.807, 2.05) is 38.2 Å². The Morgan fingerprint density at radius 2 is 2.17 bits per heavy atom. The van der Waals surface area contributed by atoms with E-state index in [2.05, 4.69) is 10.3 Å². The molecule has 0 aliphatic carbocycles. The van der Waals surface area contributed by atoms with Gasteiger partial charge in [-0.05, 0) is 32.4 Å². The minimum atomic E-state index is -0.416. The molecule has 3 N–H and O–H groups in total. The largest absolute Gasteiger partial charge is 0.396 e. The van der Waals surface area contributed by atoms with Gasteiger partial charge in [-0.3, -0.25) is 4.79 Å². The number of fused-ring (bicyclic) bond motifs is 1. The average molecular weight is 246 g/mol. The molecule has 2 rings (SSSR count). The summed E-state index contributed by atoms with van der Waals surface area (Å²) in [6.45, 7) is 3.85. The number of carbonyl (C=O) groups excluding carboxylic acids is 1. The van der Waals surface area contributed by atoms with E-state index in [9.17, 15) is 4.79 Å². The zero-order valence-corrected chi connectivity index (χ0v) is 10.7. The number of H-pyrrole nitrogens is 1. The molecule has 0 fully saturated rings. The van der Waals surface area contributed by atoms with Crippen molar-refractivity contribution in [2.45, 2.75) is 25.8 Å². The van der Waals surface area contributed by atoms with Crippen LogP contribution in [-0.4, -0.2) is 28.1 Å². The highest BCUT2D eigenvalue weighted by molar-refractivity contribution is 6.05. The van der Waals surface area contributed by atoms with Crippen LogP contribution < -0.4 is 5.32 Å². The first kappa shape index (κ1) is 12.6. The number of aliphatic hydroxyl groups is 1. The van der Waals surface area contributed by atoms with Crippen molar-refractivity contribution in [3.63, 3.8) is 0 Å². The van der Waals surface area contributed by atoms with E-state index in [0.717, 1.165) is 10.9 Å². The van der Waals surface area contributed by atoms with E-state index < -0.39 is 5.54 Å². The molecule has 1 amide bonds. The van der Waals surface area contributed by atoms with Crippen molar-refractivity contribution in [2.75, 3.05) is 6.61 Å². The Kier molecular flexibility index (Phi) is 3.39. The van der Waals surface area contributed by atoms with E-state index in [-0.39, 0.29) is 12.5 Å². The number of aromatic nitrogens is 1. The fourth-order valence-corrected chi connectivity index (χ4v) is 1.99. The summed E-state index contributed by atoms with van der Waals surface area (Å²) < 4.78 is 0. The van der Waals surface area contributed by atoms with Gasteiger partial charge >= 0.3 is 0 Å². The maximum atomic E-state index is 12.2. The first-order chi connectivity index (χ1) is 8.53. The van der Waals surface area contributed by atoms with Crippen LogP contribution in [0.15, 0.2) is 30.5 Å². The Morgan fingerprint density at radius 1 is 1.39 bits per heavy atom. The van der Waals surface area contributed by atoms with Crippen molar-refractivity contribution in [2.24, 2.45) is 0 Å². The van der Waals surface area contributed by atoms with Crippen molar-refractivity contribution in [3.05, 3.63) is 36.0 Å². The fraction of sp³-hybridized carbons (Fsp3) is 0.357. The van der Waals surface area contributed by atoms with Gasteiger partial charge in [0.25, 0.3) is 5.91 Å². The van der Waals surface area contributed by atoms with Gasteiger partial charge in [-0.15, -0.1) is 0 Å². The normalized spacial score (nSPS) is 11.7. The lowest BCUT2D eigenvalue weighted by molar-refractivity contribution is 0.0901. The molecule has 0 spiro atoms. The second-order valence-corrected chi connectivity index (χ2v) is 5.06. The Bertz CT molecular complexity index is 558. The number of nitrogens with one attached hydrogen (secondary N) is 2. The summed E-state index contributed by atoms with van der Waals surface area (Å²) in [5.41, 5.74) is 1.05. The van der Waals surface area contributed by atoms with Crippen LogP contribution in [0.2, 0.25) is 0 Å². The molecule has 18 heavy (non-hydrogen) atoms. The maximum Gasteiger partial charge on any atom is 0.253 e. The molecule has 0 aliphatic heterocycles. The van der Waals surface area contributed by atoms with Gasteiger partial charge < -0.3 is 15.4 Å². The Hall–Kier alpha value is -1.81. The van der Waals surface area contributed by atoms with Crippen molar-refractivity contribution in [1.82, 2.24) is 10.3 Å². The molecular weight excluding hydrogens is 228 g/mol. The standard InChI is InChI=1S/C14H18N2O2/c1-14(2,7-9-17)16-13(18)11-5-3-4-10-6-8-15-12(10)11/h3-6,8,15,17H,7,9H2,1-2H3,(H,16,18). The predicted octanol–water partition coefficient (Wildman–Crippen LogP) is 2.06. The molecule has 0 saturated heterocycles. The Labute approximate surface area is 106 Å². The first-order valence-corrected chi connectivity index (χ1v) is 6.03. The molecule has 96 valence electrons. The van der Waals surface area contributed by atoms with E-state index in [1.165, 1.54) is 0 Å². The van der Waals surface area contributed by atoms with Crippen LogP contribution >= 0.6 is 0 Å². The summed E-state index contributed by atoms with van der Waals surface area (Å²) in [5.74, 6) is -0.124. The number of aliphatic hydroxyl groups excluding tert-OH is 1. The molecule has 0 aliphatic rings. The fourth-order valence-electron chi connectivity index (χ4n) is 1.99. The molecule has 0 unspecified atom stereocenters. The zero-order valence-electron chi connectivity index (χ0n) is 10.7. The Morgan fingerprint density at radius 3 is 2.89 bits per heavy atom. The summed E-state index contributed by atoms with van der Waals surface area (Å²) in [7, 11) is 0. The lowest BCUT2D eigenvalue weighted by Crippen LogP contribution is -2.44. The topological polar surface area (TPSA) is 65.1 Å². The second kappa shape index (κ2) is 4.82. The van der Waals surface area contributed by atoms with Crippen LogP contribution in [-0.2, 0) is 0 Å². The average Bonchev–Trinajstić information content (AvgIpc) is 2.75. The van der Waals surface area contributed by atoms with E-state index in [0.29, 0.717) is 12.0 Å². The van der Waals surface area contributed by atoms with Crippen molar-refractivity contribution < 1.29 is 9.90 Å². The predicted molar refractivity (Wildman–Crippen MR) is 71.5 cm³/mol. The van der Waals surface area contributed by atoms with Gasteiger partial charge in [0, 0.05) is 23.7 Å². The first-order valence-electron chi connectivity index (χ1n) is 6.03. The van der Waals surface area contributed by atoms with Gasteiger partial charge in [-0.1, -0.05) is 12.1 Å². The molecule has 2 aromatic rings. The van der Waals surface area contributed by atoms with Crippen molar-refractivity contribution >= 4 is 16.8 Å². The van der Waals surface area contributed by atoms with Crippen LogP contribution in [0, 0.1) is 0 Å². The lowest BCUT2D eigenvalue weighted by Gasteiger charge is -2.25. The smallest absolute Gasteiger partial charge is 0.253 e. The van der Waals surface area contributed by atoms with Gasteiger partial charge in [0.1, 0.15) is 0 Å². The lowest BCUT2D eigenvalue weighted by atomic mass is 10.00. The molecule has 0 radical (unpaired) electrons. The van der Waals surface area contributed by atoms with Crippen LogP contribution in [0.4, 0.5) is 0 Å². The number of amides is 1. The molecule has 0 saturated carbocycles. The van der Waals surface area contributed by atoms with Gasteiger partial charge in [0.05, 0.1) is 11.1 Å². The summed E-state index contributed by atoms with van der Waals surface area (Å²) >= 11 is 0. The number of hydrogen-bond acceptors (Lipinski definition) is 2. The number of rotatable bonds is 4. The number of carbonyl (C=O) groups is 1. The minimum Gasteiger partial charge on any atom is -0.396 e. The highest BCUT2D eigenvalue weighted by Crippen LogP contribution is 2.18. The van der Waals surface area contributed by atoms with Gasteiger partial charge in [-0.25, -0.2) is 0 Å². The Balaban J connectivity index is 2.26. The number of benzene rings is 1. The van der Waals surface area contributed by atoms with E-state index >= 15 is 0 Å². The van der Waals surface area contributed by atoms with Crippen molar-refractivity contribution in [1.29, 1.82) is 0 Å². The molecule has 1 aromatic carbocycles. The summed E-state index contributed by atoms with van der Waals surface area (Å²) in [6, 6.07) is 7.56. The summed E-state index contributed by atoms with van der Waals surface area (Å²) in [6.07, 6.45) is 2.35. The van der Waals surface area contributed by atoms with Crippen molar-refractivity contribution in [3.8, 4) is 0 Å². The van der Waals surface area contributed by atoms with Crippen LogP contribution in [0.5, 0.6) is 0 Å². The number of para-hydroxylation sites is 1. The molecule has 4 heteroatoms. The highest BCUT2D eigenvalue weighted by Gasteiger charge is 2.21. The quantitative estimate of drug-likeness (QED) is 0.773. The highest BCUT2D eigenvalue weighted by atomic mass is 16.3. The minimum absolute atomic E-state index is 0.0555. The van der Waals surface area contributed by atoms with Gasteiger partial charge in [-0.2, -0.15) is 0 Å². The van der Waals surface area contributed by atoms with Crippen LogP contribution in [0.3, 0.4) is 0 Å². The molecule has 4 nitrogen and oxygen atoms in total. The van der Waals surface area contributed by atoms with Crippen LogP contribution in [0.1, 0.15) is 30.6 Å². The summed E-state index contributed by atoms with van der Waals surface area (Å²) in [4.78, 5) is 15.3. The maximum absolute atomic E-state index is 12.2. The number of hydrogen-bond donors (Lipinski definition) is 3. The molecular formula is C14H18N2O2. The molecule has 1 heterocycles. The molecule has 0 bridgehead atoms. The van der Waals surface area contributed by atoms with E-state index in [1.54, 1.807) is 6.07 Å². The molecule has 1 aromatic heterocycles. The van der Waals surface area contributed by atoms with E-state index in [4.69, 9.17) is 5.11 Å². The third-order valence-electron chi connectivity index (χ3n) is 3.02. The SMILES string of the molecule is CC(C)(CCO)NC(=O)c1cccc2cc[nH]c12. The monoisotopic (exact) mass is 246 g/mol. The zero-order chi connectivity index (χ0) is 13.2. The number of aromatic amines is 1. The summed E-state index contributed by atoms with van der Waals surface area (Å²) in [5, 5.41) is 12.9. The van der Waals surface area contributed by atoms with Crippen LogP contribution in [0.25, 0.3) is 10.9 Å². The second-order valence-electron chi connectivity index (χ2n) is 5.06. The third-order valence-corrected chi connectivity index (χ3v) is 3.02. The van der Waals surface area contributed by atoms with Gasteiger partial charge in [0.2, 0.25) is 0 Å². The molecule has 0 atom stereocenters. The van der Waals surface area contributed by atoms with Gasteiger partial charge in [0.15, 0.2) is 0 Å².